The Hall–Kier alpha value is -0.0800. The standard InChI is InChI=1S/C15H29NO/c1-12-8-9-13(2)16(10-12)11-14-6-4-3-5-7-15(14)17/h12-15,17H,3-11H2,1-2H3. The molecular formula is C15H29NO. The molecule has 1 N–H and O–H groups in total. The van der Waals surface area contributed by atoms with Gasteiger partial charge in [-0.1, -0.05) is 26.2 Å². The molecule has 0 spiro atoms. The molecule has 1 saturated carbocycles. The van der Waals surface area contributed by atoms with Crippen LogP contribution in [0.4, 0.5) is 0 Å². The number of aliphatic hydroxyl groups excluding tert-OH is 1. The van der Waals surface area contributed by atoms with Crippen molar-refractivity contribution in [2.24, 2.45) is 11.8 Å². The lowest BCUT2D eigenvalue weighted by atomic mass is 9.91. The van der Waals surface area contributed by atoms with Crippen molar-refractivity contribution in [3.63, 3.8) is 0 Å². The van der Waals surface area contributed by atoms with E-state index < -0.39 is 0 Å². The van der Waals surface area contributed by atoms with Gasteiger partial charge < -0.3 is 10.0 Å². The van der Waals surface area contributed by atoms with Crippen LogP contribution in [0.5, 0.6) is 0 Å². The molecule has 1 aliphatic heterocycles. The molecule has 0 aromatic carbocycles. The van der Waals surface area contributed by atoms with Crippen LogP contribution >= 0.6 is 0 Å². The van der Waals surface area contributed by atoms with E-state index >= 15 is 0 Å². The molecule has 1 aliphatic carbocycles. The van der Waals surface area contributed by atoms with Crippen molar-refractivity contribution in [3.8, 4) is 0 Å². The van der Waals surface area contributed by atoms with E-state index in [9.17, 15) is 5.11 Å². The Morgan fingerprint density at radius 2 is 1.76 bits per heavy atom. The summed E-state index contributed by atoms with van der Waals surface area (Å²) in [5, 5.41) is 10.2. The Bertz CT molecular complexity index is 231. The molecule has 2 rings (SSSR count). The number of piperidine rings is 1. The van der Waals surface area contributed by atoms with Crippen molar-refractivity contribution in [2.75, 3.05) is 13.1 Å². The van der Waals surface area contributed by atoms with Gasteiger partial charge in [0.05, 0.1) is 6.10 Å². The van der Waals surface area contributed by atoms with Gasteiger partial charge in [0, 0.05) is 19.1 Å². The van der Waals surface area contributed by atoms with Crippen LogP contribution < -0.4 is 0 Å². The maximum atomic E-state index is 10.2. The van der Waals surface area contributed by atoms with Crippen LogP contribution in [-0.2, 0) is 0 Å². The lowest BCUT2D eigenvalue weighted by Gasteiger charge is -2.39. The SMILES string of the molecule is CC1CCC(C)N(CC2CCCCCC2O)C1. The molecule has 0 bridgehead atoms. The van der Waals surface area contributed by atoms with Gasteiger partial charge in [0.25, 0.3) is 0 Å². The quantitative estimate of drug-likeness (QED) is 0.749. The minimum absolute atomic E-state index is 0.0399. The first kappa shape index (κ1) is 13.4. The largest absolute Gasteiger partial charge is 0.393 e. The van der Waals surface area contributed by atoms with Gasteiger partial charge >= 0.3 is 0 Å². The Labute approximate surface area is 106 Å². The first-order valence-corrected chi connectivity index (χ1v) is 7.59. The zero-order valence-corrected chi connectivity index (χ0v) is 11.6. The first-order chi connectivity index (χ1) is 8.16. The molecule has 1 heterocycles. The van der Waals surface area contributed by atoms with E-state index in [2.05, 4.69) is 18.7 Å². The summed E-state index contributed by atoms with van der Waals surface area (Å²) in [5.41, 5.74) is 0. The van der Waals surface area contributed by atoms with Crippen molar-refractivity contribution >= 4 is 0 Å². The average Bonchev–Trinajstić information content (AvgIpc) is 2.50. The fourth-order valence-electron chi connectivity index (χ4n) is 3.51. The van der Waals surface area contributed by atoms with Crippen LogP contribution in [0, 0.1) is 11.8 Å². The van der Waals surface area contributed by atoms with Crippen molar-refractivity contribution in [1.82, 2.24) is 4.90 Å². The molecule has 0 radical (unpaired) electrons. The lowest BCUT2D eigenvalue weighted by Crippen LogP contribution is -2.45. The number of nitrogens with zero attached hydrogens (tertiary/aromatic N) is 1. The normalized spacial score (nSPS) is 41.1. The fraction of sp³-hybridized carbons (Fsp3) is 1.00. The number of hydrogen-bond acceptors (Lipinski definition) is 2. The number of aliphatic hydroxyl groups is 1. The maximum absolute atomic E-state index is 10.2. The second-order valence-corrected chi connectivity index (χ2v) is 6.45. The van der Waals surface area contributed by atoms with Crippen LogP contribution in [-0.4, -0.2) is 35.2 Å². The van der Waals surface area contributed by atoms with Crippen molar-refractivity contribution in [3.05, 3.63) is 0 Å². The summed E-state index contributed by atoms with van der Waals surface area (Å²) in [6.07, 6.45) is 8.81. The van der Waals surface area contributed by atoms with Gasteiger partial charge in [0.2, 0.25) is 0 Å². The van der Waals surface area contributed by atoms with Gasteiger partial charge in [-0.15, -0.1) is 0 Å². The molecule has 100 valence electrons. The van der Waals surface area contributed by atoms with E-state index in [1.807, 2.05) is 0 Å². The third kappa shape index (κ3) is 3.69. The predicted molar refractivity (Wildman–Crippen MR) is 72.0 cm³/mol. The summed E-state index contributed by atoms with van der Waals surface area (Å²) in [6, 6.07) is 0.724. The minimum atomic E-state index is -0.0399. The Morgan fingerprint density at radius 3 is 2.59 bits per heavy atom. The zero-order chi connectivity index (χ0) is 12.3. The molecular weight excluding hydrogens is 210 g/mol. The molecule has 4 unspecified atom stereocenters. The summed E-state index contributed by atoms with van der Waals surface area (Å²) >= 11 is 0. The average molecular weight is 239 g/mol. The third-order valence-electron chi connectivity index (χ3n) is 4.83. The van der Waals surface area contributed by atoms with E-state index in [4.69, 9.17) is 0 Å². The molecule has 2 aliphatic rings. The Morgan fingerprint density at radius 1 is 1.00 bits per heavy atom. The van der Waals surface area contributed by atoms with Gasteiger partial charge in [0.1, 0.15) is 0 Å². The monoisotopic (exact) mass is 239 g/mol. The highest BCUT2D eigenvalue weighted by Gasteiger charge is 2.28. The Kier molecular flexibility index (Phi) is 4.87. The van der Waals surface area contributed by atoms with Crippen LogP contribution in [0.3, 0.4) is 0 Å². The molecule has 0 aromatic rings. The van der Waals surface area contributed by atoms with Crippen LogP contribution in [0.2, 0.25) is 0 Å². The molecule has 2 nitrogen and oxygen atoms in total. The predicted octanol–water partition coefficient (Wildman–Crippen LogP) is 3.05. The topological polar surface area (TPSA) is 23.5 Å². The summed E-state index contributed by atoms with van der Waals surface area (Å²) in [7, 11) is 0. The molecule has 4 atom stereocenters. The van der Waals surface area contributed by atoms with Crippen molar-refractivity contribution in [1.29, 1.82) is 0 Å². The van der Waals surface area contributed by atoms with Crippen LogP contribution in [0.25, 0.3) is 0 Å². The first-order valence-electron chi connectivity index (χ1n) is 7.59. The van der Waals surface area contributed by atoms with E-state index in [-0.39, 0.29) is 6.10 Å². The maximum Gasteiger partial charge on any atom is 0.0580 e. The van der Waals surface area contributed by atoms with Gasteiger partial charge in [0.15, 0.2) is 0 Å². The molecule has 1 saturated heterocycles. The summed E-state index contributed by atoms with van der Waals surface area (Å²) in [5.74, 6) is 1.37. The van der Waals surface area contributed by atoms with Gasteiger partial charge in [-0.05, 0) is 44.4 Å². The van der Waals surface area contributed by atoms with Crippen molar-refractivity contribution < 1.29 is 5.11 Å². The smallest absolute Gasteiger partial charge is 0.0580 e. The van der Waals surface area contributed by atoms with E-state index in [0.29, 0.717) is 5.92 Å². The molecule has 0 amide bonds. The van der Waals surface area contributed by atoms with Gasteiger partial charge in [-0.2, -0.15) is 0 Å². The van der Waals surface area contributed by atoms with E-state index in [0.717, 1.165) is 24.9 Å². The third-order valence-corrected chi connectivity index (χ3v) is 4.83. The number of rotatable bonds is 2. The fourth-order valence-corrected chi connectivity index (χ4v) is 3.51. The lowest BCUT2D eigenvalue weighted by molar-refractivity contribution is 0.0422. The molecule has 0 aromatic heterocycles. The molecule has 2 heteroatoms. The summed E-state index contributed by atoms with van der Waals surface area (Å²) in [4.78, 5) is 2.63. The summed E-state index contributed by atoms with van der Waals surface area (Å²) in [6.45, 7) is 7.09. The highest BCUT2D eigenvalue weighted by Crippen LogP contribution is 2.28. The van der Waals surface area contributed by atoms with Gasteiger partial charge in [-0.25, -0.2) is 0 Å². The second kappa shape index (κ2) is 6.19. The van der Waals surface area contributed by atoms with Gasteiger partial charge in [-0.3, -0.25) is 0 Å². The van der Waals surface area contributed by atoms with E-state index in [1.165, 1.54) is 45.1 Å². The Balaban J connectivity index is 1.89. The highest BCUT2D eigenvalue weighted by molar-refractivity contribution is 4.82. The highest BCUT2D eigenvalue weighted by atomic mass is 16.3. The summed E-state index contributed by atoms with van der Waals surface area (Å²) < 4.78 is 0. The minimum Gasteiger partial charge on any atom is -0.393 e. The van der Waals surface area contributed by atoms with E-state index in [1.54, 1.807) is 0 Å². The van der Waals surface area contributed by atoms with Crippen molar-refractivity contribution in [2.45, 2.75) is 70.9 Å². The molecule has 2 fully saturated rings. The second-order valence-electron chi connectivity index (χ2n) is 6.45. The zero-order valence-electron chi connectivity index (χ0n) is 11.6. The molecule has 17 heavy (non-hydrogen) atoms. The number of hydrogen-bond donors (Lipinski definition) is 1. The number of likely N-dealkylation sites (tertiary alicyclic amines) is 1. The van der Waals surface area contributed by atoms with Crippen LogP contribution in [0.1, 0.15) is 58.8 Å². The van der Waals surface area contributed by atoms with Crippen LogP contribution in [0.15, 0.2) is 0 Å².